The second kappa shape index (κ2) is 10.6. The van der Waals surface area contributed by atoms with Gasteiger partial charge in [0, 0.05) is 18.7 Å². The molecule has 6 heteroatoms. The first-order valence-electron chi connectivity index (χ1n) is 10.3. The number of benzene rings is 2. The summed E-state index contributed by atoms with van der Waals surface area (Å²) in [6, 6.07) is 16.7. The Morgan fingerprint density at radius 1 is 1.07 bits per heavy atom. The summed E-state index contributed by atoms with van der Waals surface area (Å²) in [5.74, 6) is 1.39. The van der Waals surface area contributed by atoms with E-state index in [1.807, 2.05) is 12.1 Å². The number of nitrogens with zero attached hydrogens (tertiary/aromatic N) is 3. The van der Waals surface area contributed by atoms with E-state index >= 15 is 0 Å². The van der Waals surface area contributed by atoms with Gasteiger partial charge < -0.3 is 20.0 Å². The molecule has 0 amide bonds. The van der Waals surface area contributed by atoms with E-state index in [-0.39, 0.29) is 0 Å². The molecule has 0 aliphatic rings. The van der Waals surface area contributed by atoms with Crippen molar-refractivity contribution in [2.75, 3.05) is 20.6 Å². The van der Waals surface area contributed by atoms with Gasteiger partial charge in [-0.05, 0) is 51.2 Å². The Balaban J connectivity index is 1.61. The van der Waals surface area contributed by atoms with Crippen LogP contribution in [0.5, 0.6) is 0 Å². The van der Waals surface area contributed by atoms with E-state index in [9.17, 15) is 0 Å². The summed E-state index contributed by atoms with van der Waals surface area (Å²) in [6.45, 7) is 6.99. The molecule has 3 rings (SSSR count). The highest BCUT2D eigenvalue weighted by Crippen LogP contribution is 2.19. The molecule has 0 aliphatic heterocycles. The van der Waals surface area contributed by atoms with Gasteiger partial charge in [-0.25, -0.2) is 9.98 Å². The number of aliphatic imine (C=N–C) groups is 1. The Hall–Kier alpha value is -3.12. The summed E-state index contributed by atoms with van der Waals surface area (Å²) in [7, 11) is 4.15. The molecule has 0 fully saturated rings. The van der Waals surface area contributed by atoms with Crippen molar-refractivity contribution >= 4 is 5.96 Å². The minimum atomic E-state index is 0.544. The van der Waals surface area contributed by atoms with E-state index in [0.717, 1.165) is 30.3 Å². The molecule has 6 nitrogen and oxygen atoms in total. The largest absolute Gasteiger partial charge is 0.444 e. The van der Waals surface area contributed by atoms with Crippen LogP contribution in [0.3, 0.4) is 0 Å². The fraction of sp³-hybridized carbons (Fsp3) is 0.333. The number of hydrogen-bond donors (Lipinski definition) is 2. The lowest BCUT2D eigenvalue weighted by Gasteiger charge is -2.12. The Labute approximate surface area is 179 Å². The maximum Gasteiger partial charge on any atom is 0.226 e. The zero-order valence-electron chi connectivity index (χ0n) is 18.3. The van der Waals surface area contributed by atoms with Crippen LogP contribution in [0.1, 0.15) is 29.3 Å². The smallest absolute Gasteiger partial charge is 0.226 e. The molecule has 3 aromatic rings. The monoisotopic (exact) mass is 405 g/mol. The highest BCUT2D eigenvalue weighted by atomic mass is 16.3. The number of guanidine groups is 1. The molecule has 0 radical (unpaired) electrons. The SMILES string of the molecule is CCNC(=NCc1cccc(CN(C)C)c1)NCc1coc(-c2ccc(C)cc2)n1. The van der Waals surface area contributed by atoms with E-state index in [0.29, 0.717) is 19.0 Å². The van der Waals surface area contributed by atoms with Gasteiger partial charge in [0.15, 0.2) is 5.96 Å². The van der Waals surface area contributed by atoms with E-state index in [1.165, 1.54) is 16.7 Å². The molecule has 0 unspecified atom stereocenters. The second-order valence-electron chi connectivity index (χ2n) is 7.62. The molecule has 0 spiro atoms. The van der Waals surface area contributed by atoms with Crippen molar-refractivity contribution in [3.63, 3.8) is 0 Å². The minimum Gasteiger partial charge on any atom is -0.444 e. The summed E-state index contributed by atoms with van der Waals surface area (Å²) >= 11 is 0. The first-order chi connectivity index (χ1) is 14.5. The molecule has 1 heterocycles. The number of oxazole rings is 1. The Bertz CT molecular complexity index is 960. The zero-order chi connectivity index (χ0) is 21.3. The van der Waals surface area contributed by atoms with Gasteiger partial charge in [-0.3, -0.25) is 0 Å². The third-order valence-electron chi connectivity index (χ3n) is 4.54. The van der Waals surface area contributed by atoms with E-state index in [2.05, 4.69) is 84.9 Å². The lowest BCUT2D eigenvalue weighted by molar-refractivity contribution is 0.402. The normalized spacial score (nSPS) is 11.7. The van der Waals surface area contributed by atoms with Crippen LogP contribution in [0, 0.1) is 6.92 Å². The fourth-order valence-electron chi connectivity index (χ4n) is 3.09. The van der Waals surface area contributed by atoms with Crippen molar-refractivity contribution in [3.05, 3.63) is 77.2 Å². The van der Waals surface area contributed by atoms with Gasteiger partial charge in [0.25, 0.3) is 0 Å². The van der Waals surface area contributed by atoms with Gasteiger partial charge in [-0.1, -0.05) is 42.0 Å². The summed E-state index contributed by atoms with van der Waals surface area (Å²) < 4.78 is 5.64. The minimum absolute atomic E-state index is 0.544. The topological polar surface area (TPSA) is 65.7 Å². The fourth-order valence-corrected chi connectivity index (χ4v) is 3.09. The molecule has 0 atom stereocenters. The summed E-state index contributed by atoms with van der Waals surface area (Å²) in [5, 5.41) is 6.62. The first-order valence-corrected chi connectivity index (χ1v) is 10.3. The van der Waals surface area contributed by atoms with Gasteiger partial charge in [-0.2, -0.15) is 0 Å². The van der Waals surface area contributed by atoms with Crippen molar-refractivity contribution < 1.29 is 4.42 Å². The van der Waals surface area contributed by atoms with Crippen molar-refractivity contribution in [2.24, 2.45) is 4.99 Å². The predicted molar refractivity (Wildman–Crippen MR) is 122 cm³/mol. The van der Waals surface area contributed by atoms with Gasteiger partial charge in [-0.15, -0.1) is 0 Å². The number of nitrogens with one attached hydrogen (secondary N) is 2. The van der Waals surface area contributed by atoms with Crippen LogP contribution in [0.15, 0.2) is 64.2 Å². The quantitative estimate of drug-likeness (QED) is 0.439. The maximum absolute atomic E-state index is 5.64. The molecule has 0 aliphatic carbocycles. The highest BCUT2D eigenvalue weighted by Gasteiger charge is 2.07. The van der Waals surface area contributed by atoms with Crippen molar-refractivity contribution in [3.8, 4) is 11.5 Å². The van der Waals surface area contributed by atoms with Gasteiger partial charge >= 0.3 is 0 Å². The standard InChI is InChI=1S/C24H31N5O/c1-5-25-24(26-14-19-7-6-8-20(13-19)16-29(3)4)27-15-22-17-30-23(28-22)21-11-9-18(2)10-12-21/h6-13,17H,5,14-16H2,1-4H3,(H2,25,26,27). The Morgan fingerprint density at radius 3 is 2.57 bits per heavy atom. The summed E-state index contributed by atoms with van der Waals surface area (Å²) in [4.78, 5) is 11.5. The lowest BCUT2D eigenvalue weighted by Crippen LogP contribution is -2.36. The van der Waals surface area contributed by atoms with Crippen molar-refractivity contribution in [2.45, 2.75) is 33.5 Å². The van der Waals surface area contributed by atoms with Crippen LogP contribution in [0.2, 0.25) is 0 Å². The molecule has 1 aromatic heterocycles. The second-order valence-corrected chi connectivity index (χ2v) is 7.62. The lowest BCUT2D eigenvalue weighted by atomic mass is 10.1. The van der Waals surface area contributed by atoms with Crippen LogP contribution >= 0.6 is 0 Å². The zero-order valence-corrected chi connectivity index (χ0v) is 18.3. The molecule has 0 saturated carbocycles. The van der Waals surface area contributed by atoms with Gasteiger partial charge in [0.1, 0.15) is 6.26 Å². The Morgan fingerprint density at radius 2 is 1.83 bits per heavy atom. The van der Waals surface area contributed by atoms with Crippen LogP contribution < -0.4 is 10.6 Å². The molecule has 0 bridgehead atoms. The van der Waals surface area contributed by atoms with E-state index < -0.39 is 0 Å². The van der Waals surface area contributed by atoms with E-state index in [1.54, 1.807) is 6.26 Å². The number of rotatable bonds is 8. The summed E-state index contributed by atoms with van der Waals surface area (Å²) in [6.07, 6.45) is 1.69. The number of hydrogen-bond acceptors (Lipinski definition) is 4. The van der Waals surface area contributed by atoms with Crippen LogP contribution in [-0.4, -0.2) is 36.5 Å². The van der Waals surface area contributed by atoms with Crippen molar-refractivity contribution in [1.82, 2.24) is 20.5 Å². The molecule has 2 aromatic carbocycles. The predicted octanol–water partition coefficient (Wildman–Crippen LogP) is 3.97. The average Bonchev–Trinajstić information content (AvgIpc) is 3.19. The number of aryl methyl sites for hydroxylation is 1. The maximum atomic E-state index is 5.64. The third kappa shape index (κ3) is 6.46. The first kappa shape index (κ1) is 21.6. The van der Waals surface area contributed by atoms with Crippen molar-refractivity contribution in [1.29, 1.82) is 0 Å². The third-order valence-corrected chi connectivity index (χ3v) is 4.54. The van der Waals surface area contributed by atoms with Crippen LogP contribution in [0.25, 0.3) is 11.5 Å². The van der Waals surface area contributed by atoms with Crippen LogP contribution in [0.4, 0.5) is 0 Å². The molecule has 2 N–H and O–H groups in total. The van der Waals surface area contributed by atoms with E-state index in [4.69, 9.17) is 9.41 Å². The molecular formula is C24H31N5O. The average molecular weight is 406 g/mol. The molecule has 158 valence electrons. The molecular weight excluding hydrogens is 374 g/mol. The van der Waals surface area contributed by atoms with Crippen LogP contribution in [-0.2, 0) is 19.6 Å². The molecule has 0 saturated heterocycles. The highest BCUT2D eigenvalue weighted by molar-refractivity contribution is 5.79. The van der Waals surface area contributed by atoms with Gasteiger partial charge in [0.2, 0.25) is 5.89 Å². The Kier molecular flexibility index (Phi) is 7.63. The number of aromatic nitrogens is 1. The van der Waals surface area contributed by atoms with Gasteiger partial charge in [0.05, 0.1) is 18.8 Å². The molecule has 30 heavy (non-hydrogen) atoms. The summed E-state index contributed by atoms with van der Waals surface area (Å²) in [5.41, 5.74) is 5.51.